The molecule has 0 spiro atoms. The van der Waals surface area contributed by atoms with Crippen molar-refractivity contribution in [3.05, 3.63) is 24.3 Å². The third-order valence-electron chi connectivity index (χ3n) is 2.79. The average Bonchev–Trinajstić information content (AvgIpc) is 2.57. The minimum atomic E-state index is -3.82. The van der Waals surface area contributed by atoms with Gasteiger partial charge in [-0.05, 0) is 18.6 Å². The topological polar surface area (TPSA) is 106 Å². The molecule has 1 saturated heterocycles. The normalized spacial score (nSPS) is 22.8. The summed E-state index contributed by atoms with van der Waals surface area (Å²) in [5.41, 5.74) is 0.349. The van der Waals surface area contributed by atoms with Crippen molar-refractivity contribution >= 4 is 25.5 Å². The molecule has 1 fully saturated rings. The molecule has 0 saturated carbocycles. The van der Waals surface area contributed by atoms with E-state index in [1.165, 1.54) is 6.07 Å². The van der Waals surface area contributed by atoms with Crippen molar-refractivity contribution in [2.75, 3.05) is 16.8 Å². The van der Waals surface area contributed by atoms with Crippen LogP contribution in [0.3, 0.4) is 0 Å². The Morgan fingerprint density at radius 3 is 2.50 bits per heavy atom. The molecule has 0 radical (unpaired) electrons. The summed E-state index contributed by atoms with van der Waals surface area (Å²) in [6, 6.07) is 5.93. The second-order valence-electron chi connectivity index (χ2n) is 4.29. The van der Waals surface area contributed by atoms with E-state index in [1.54, 1.807) is 18.2 Å². The lowest BCUT2D eigenvalue weighted by molar-refractivity contribution is 0.597. The maximum Gasteiger partial charge on any atom is 0.240 e. The van der Waals surface area contributed by atoms with Crippen LogP contribution in [-0.4, -0.2) is 34.4 Å². The van der Waals surface area contributed by atoms with Gasteiger partial charge in [0.2, 0.25) is 10.0 Å². The molecule has 0 bridgehead atoms. The number of sulfone groups is 1. The maximum absolute atomic E-state index is 11.4. The quantitative estimate of drug-likeness (QED) is 0.810. The first kappa shape index (κ1) is 13.3. The summed E-state index contributed by atoms with van der Waals surface area (Å²) >= 11 is 0. The number of nitrogens with one attached hydrogen (secondary N) is 1. The highest BCUT2D eigenvalue weighted by atomic mass is 32.2. The summed E-state index contributed by atoms with van der Waals surface area (Å²) in [6.07, 6.45) is 0.473. The van der Waals surface area contributed by atoms with Gasteiger partial charge < -0.3 is 5.32 Å². The number of hydrogen-bond donors (Lipinski definition) is 2. The molecule has 1 heterocycles. The SMILES string of the molecule is NS(=O)(=O)c1ccccc1NC1CCS(=O)(=O)C1. The Hall–Kier alpha value is -1.12. The number of primary sulfonamides is 1. The van der Waals surface area contributed by atoms with E-state index < -0.39 is 19.9 Å². The third kappa shape index (κ3) is 3.01. The van der Waals surface area contributed by atoms with E-state index in [4.69, 9.17) is 5.14 Å². The molecule has 1 atom stereocenters. The molecule has 0 aromatic heterocycles. The van der Waals surface area contributed by atoms with Gasteiger partial charge in [0, 0.05) is 6.04 Å². The zero-order valence-corrected chi connectivity index (χ0v) is 11.2. The van der Waals surface area contributed by atoms with Crippen LogP contribution in [0.15, 0.2) is 29.2 Å². The standard InChI is InChI=1S/C10H14N2O4S2/c11-18(15,16)10-4-2-1-3-9(10)12-8-5-6-17(13,14)7-8/h1-4,8,12H,5-7H2,(H2,11,15,16). The summed E-state index contributed by atoms with van der Waals surface area (Å²) in [5.74, 6) is 0.147. The fraction of sp³-hybridized carbons (Fsp3) is 0.400. The molecule has 1 aliphatic heterocycles. The van der Waals surface area contributed by atoms with E-state index in [9.17, 15) is 16.8 Å². The van der Waals surface area contributed by atoms with Crippen molar-refractivity contribution in [2.45, 2.75) is 17.4 Å². The van der Waals surface area contributed by atoms with Crippen LogP contribution in [0.4, 0.5) is 5.69 Å². The molecular weight excluding hydrogens is 276 g/mol. The van der Waals surface area contributed by atoms with Crippen LogP contribution in [0.25, 0.3) is 0 Å². The van der Waals surface area contributed by atoms with Gasteiger partial charge in [-0.3, -0.25) is 0 Å². The third-order valence-corrected chi connectivity index (χ3v) is 5.52. The fourth-order valence-corrected chi connectivity index (χ4v) is 4.34. The van der Waals surface area contributed by atoms with Crippen LogP contribution in [0.5, 0.6) is 0 Å². The number of sulfonamides is 1. The molecule has 1 aromatic rings. The van der Waals surface area contributed by atoms with Gasteiger partial charge in [-0.25, -0.2) is 22.0 Å². The van der Waals surface area contributed by atoms with Gasteiger partial charge in [-0.15, -0.1) is 0 Å². The summed E-state index contributed by atoms with van der Waals surface area (Å²) < 4.78 is 45.4. The number of rotatable bonds is 3. The second-order valence-corrected chi connectivity index (χ2v) is 8.04. The fourth-order valence-electron chi connectivity index (χ4n) is 1.96. The Balaban J connectivity index is 2.26. The molecule has 0 aliphatic carbocycles. The van der Waals surface area contributed by atoms with Gasteiger partial charge >= 0.3 is 0 Å². The average molecular weight is 290 g/mol. The summed E-state index contributed by atoms with van der Waals surface area (Å²) in [5, 5.41) is 8.03. The summed E-state index contributed by atoms with van der Waals surface area (Å²) in [7, 11) is -6.82. The largest absolute Gasteiger partial charge is 0.380 e. The number of anilines is 1. The first-order valence-electron chi connectivity index (χ1n) is 5.37. The van der Waals surface area contributed by atoms with Crippen molar-refractivity contribution in [1.29, 1.82) is 0 Å². The molecule has 2 rings (SSSR count). The van der Waals surface area contributed by atoms with Gasteiger partial charge in [0.25, 0.3) is 0 Å². The van der Waals surface area contributed by atoms with Crippen LogP contribution in [0.1, 0.15) is 6.42 Å². The lowest BCUT2D eigenvalue weighted by Gasteiger charge is -2.15. The number of nitrogens with two attached hydrogens (primary N) is 1. The second kappa shape index (κ2) is 4.52. The van der Waals surface area contributed by atoms with Crippen molar-refractivity contribution in [2.24, 2.45) is 5.14 Å². The van der Waals surface area contributed by atoms with Crippen molar-refractivity contribution in [3.63, 3.8) is 0 Å². The monoisotopic (exact) mass is 290 g/mol. The van der Waals surface area contributed by atoms with Crippen LogP contribution in [-0.2, 0) is 19.9 Å². The number of benzene rings is 1. The first-order valence-corrected chi connectivity index (χ1v) is 8.73. The molecule has 1 aromatic carbocycles. The van der Waals surface area contributed by atoms with Crippen molar-refractivity contribution in [1.82, 2.24) is 0 Å². The van der Waals surface area contributed by atoms with Crippen LogP contribution < -0.4 is 10.5 Å². The molecule has 18 heavy (non-hydrogen) atoms. The molecule has 100 valence electrons. The van der Waals surface area contributed by atoms with E-state index >= 15 is 0 Å². The van der Waals surface area contributed by atoms with Crippen LogP contribution in [0, 0.1) is 0 Å². The van der Waals surface area contributed by atoms with E-state index in [1.807, 2.05) is 0 Å². The lowest BCUT2D eigenvalue weighted by Crippen LogP contribution is -2.23. The molecule has 1 unspecified atom stereocenters. The Morgan fingerprint density at radius 2 is 1.94 bits per heavy atom. The molecular formula is C10H14N2O4S2. The highest BCUT2D eigenvalue weighted by molar-refractivity contribution is 7.91. The highest BCUT2D eigenvalue weighted by Crippen LogP contribution is 2.23. The predicted octanol–water partition coefficient (Wildman–Crippen LogP) is -0.0670. The zero-order chi connectivity index (χ0) is 13.4. The van der Waals surface area contributed by atoms with E-state index in [0.29, 0.717) is 12.1 Å². The van der Waals surface area contributed by atoms with E-state index in [2.05, 4.69) is 5.32 Å². The molecule has 1 aliphatic rings. The smallest absolute Gasteiger partial charge is 0.240 e. The summed E-state index contributed by atoms with van der Waals surface area (Å²) in [4.78, 5) is -0.0192. The number of hydrogen-bond acceptors (Lipinski definition) is 5. The van der Waals surface area contributed by atoms with Crippen LogP contribution in [0.2, 0.25) is 0 Å². The van der Waals surface area contributed by atoms with Crippen molar-refractivity contribution in [3.8, 4) is 0 Å². The highest BCUT2D eigenvalue weighted by Gasteiger charge is 2.28. The van der Waals surface area contributed by atoms with Gasteiger partial charge in [-0.1, -0.05) is 12.1 Å². The Kier molecular flexibility index (Phi) is 3.35. The first-order chi connectivity index (χ1) is 8.28. The predicted molar refractivity (Wildman–Crippen MR) is 68.5 cm³/mol. The molecule has 0 amide bonds. The molecule has 8 heteroatoms. The minimum Gasteiger partial charge on any atom is -0.380 e. The van der Waals surface area contributed by atoms with E-state index in [0.717, 1.165) is 0 Å². The minimum absolute atomic E-state index is 0.0192. The maximum atomic E-state index is 11.4. The van der Waals surface area contributed by atoms with E-state index in [-0.39, 0.29) is 22.4 Å². The Bertz CT molecular complexity index is 652. The van der Waals surface area contributed by atoms with Gasteiger partial charge in [0.1, 0.15) is 4.90 Å². The number of para-hydroxylation sites is 1. The van der Waals surface area contributed by atoms with Gasteiger partial charge in [-0.2, -0.15) is 0 Å². The molecule has 6 nitrogen and oxygen atoms in total. The van der Waals surface area contributed by atoms with Crippen molar-refractivity contribution < 1.29 is 16.8 Å². The zero-order valence-electron chi connectivity index (χ0n) is 9.53. The van der Waals surface area contributed by atoms with Gasteiger partial charge in [0.15, 0.2) is 9.84 Å². The summed E-state index contributed by atoms with van der Waals surface area (Å²) in [6.45, 7) is 0. The Labute approximate surface area is 106 Å². The van der Waals surface area contributed by atoms with Gasteiger partial charge in [0.05, 0.1) is 17.2 Å². The van der Waals surface area contributed by atoms with Crippen LogP contribution >= 0.6 is 0 Å². The Morgan fingerprint density at radius 1 is 1.28 bits per heavy atom. The molecule has 3 N–H and O–H groups in total. The lowest BCUT2D eigenvalue weighted by atomic mass is 10.2.